The number of hydrogen-bond acceptors (Lipinski definition) is 5. The summed E-state index contributed by atoms with van der Waals surface area (Å²) in [5.74, 6) is -0.174. The number of aliphatic hydroxyl groups excluding tert-OH is 3. The van der Waals surface area contributed by atoms with E-state index in [1.807, 2.05) is 0 Å². The van der Waals surface area contributed by atoms with Crippen molar-refractivity contribution in [1.82, 2.24) is 10.2 Å². The minimum Gasteiger partial charge on any atom is -0.395 e. The topological polar surface area (TPSA) is 93.0 Å². The molecule has 0 bridgehead atoms. The van der Waals surface area contributed by atoms with Crippen molar-refractivity contribution in [2.75, 3.05) is 26.2 Å². The van der Waals surface area contributed by atoms with Crippen molar-refractivity contribution in [2.45, 2.75) is 25.2 Å². The number of nitrogens with one attached hydrogen (secondary N) is 1. The molecule has 0 aliphatic carbocycles. The molecule has 1 aliphatic rings. The molecule has 88 valence electrons. The van der Waals surface area contributed by atoms with Gasteiger partial charge in [-0.3, -0.25) is 9.69 Å². The lowest BCUT2D eigenvalue weighted by molar-refractivity contribution is -0.119. The SMILES string of the molecule is CC(=O)NCC1C(O)C(O)CN1CCO. The monoisotopic (exact) mass is 218 g/mol. The van der Waals surface area contributed by atoms with Gasteiger partial charge in [0.05, 0.1) is 24.9 Å². The van der Waals surface area contributed by atoms with Crippen LogP contribution in [0.4, 0.5) is 0 Å². The Hall–Kier alpha value is -0.690. The first-order valence-electron chi connectivity index (χ1n) is 5.01. The van der Waals surface area contributed by atoms with Gasteiger partial charge in [-0.15, -0.1) is 0 Å². The van der Waals surface area contributed by atoms with Gasteiger partial charge < -0.3 is 20.6 Å². The van der Waals surface area contributed by atoms with Crippen LogP contribution in [0.5, 0.6) is 0 Å². The lowest BCUT2D eigenvalue weighted by atomic mass is 10.1. The number of likely N-dealkylation sites (tertiary alicyclic amines) is 1. The van der Waals surface area contributed by atoms with E-state index < -0.39 is 12.2 Å². The maximum atomic E-state index is 10.7. The third kappa shape index (κ3) is 3.13. The molecule has 1 aliphatic heterocycles. The Morgan fingerprint density at radius 3 is 2.73 bits per heavy atom. The summed E-state index contributed by atoms with van der Waals surface area (Å²) in [6, 6.07) is -0.323. The number of carbonyl (C=O) groups excluding carboxylic acids is 1. The average Bonchev–Trinajstić information content (AvgIpc) is 2.41. The first kappa shape index (κ1) is 12.4. The molecule has 1 heterocycles. The highest BCUT2D eigenvalue weighted by Gasteiger charge is 2.39. The molecule has 15 heavy (non-hydrogen) atoms. The predicted octanol–water partition coefficient (Wildman–Crippen LogP) is -2.48. The zero-order valence-electron chi connectivity index (χ0n) is 8.76. The normalized spacial score (nSPS) is 31.9. The van der Waals surface area contributed by atoms with E-state index in [9.17, 15) is 15.0 Å². The second-order valence-electron chi connectivity index (χ2n) is 3.78. The van der Waals surface area contributed by atoms with E-state index in [2.05, 4.69) is 5.32 Å². The fourth-order valence-corrected chi connectivity index (χ4v) is 1.84. The second-order valence-corrected chi connectivity index (χ2v) is 3.78. The molecule has 0 spiro atoms. The van der Waals surface area contributed by atoms with Gasteiger partial charge in [-0.2, -0.15) is 0 Å². The molecule has 0 radical (unpaired) electrons. The van der Waals surface area contributed by atoms with E-state index in [1.54, 1.807) is 4.90 Å². The van der Waals surface area contributed by atoms with Gasteiger partial charge in [0.1, 0.15) is 0 Å². The van der Waals surface area contributed by atoms with Gasteiger partial charge in [0, 0.05) is 26.6 Å². The molecule has 3 atom stereocenters. The maximum Gasteiger partial charge on any atom is 0.216 e. The van der Waals surface area contributed by atoms with Crippen molar-refractivity contribution in [1.29, 1.82) is 0 Å². The number of carbonyl (C=O) groups is 1. The quantitative estimate of drug-likeness (QED) is 0.419. The number of hydrogen-bond donors (Lipinski definition) is 4. The Bertz CT molecular complexity index is 224. The first-order valence-corrected chi connectivity index (χ1v) is 5.01. The van der Waals surface area contributed by atoms with Crippen LogP contribution in [-0.2, 0) is 4.79 Å². The summed E-state index contributed by atoms with van der Waals surface area (Å²) in [6.07, 6.45) is -1.68. The lowest BCUT2D eigenvalue weighted by Gasteiger charge is -2.24. The summed E-state index contributed by atoms with van der Waals surface area (Å²) in [4.78, 5) is 12.5. The highest BCUT2D eigenvalue weighted by Crippen LogP contribution is 2.17. The summed E-state index contributed by atoms with van der Waals surface area (Å²) in [7, 11) is 0. The van der Waals surface area contributed by atoms with E-state index in [0.29, 0.717) is 13.1 Å². The van der Waals surface area contributed by atoms with Crippen molar-refractivity contribution in [3.63, 3.8) is 0 Å². The standard InChI is InChI=1S/C9H18N2O4/c1-6(13)10-4-7-9(15)8(14)5-11(7)2-3-12/h7-9,12,14-15H,2-5H2,1H3,(H,10,13). The molecule has 1 saturated heterocycles. The third-order valence-corrected chi connectivity index (χ3v) is 2.63. The molecule has 1 rings (SSSR count). The van der Waals surface area contributed by atoms with Gasteiger partial charge in [-0.1, -0.05) is 0 Å². The van der Waals surface area contributed by atoms with E-state index in [1.165, 1.54) is 6.92 Å². The van der Waals surface area contributed by atoms with Crippen LogP contribution in [0, 0.1) is 0 Å². The summed E-state index contributed by atoms with van der Waals surface area (Å²) < 4.78 is 0. The minimum atomic E-state index is -0.872. The molecule has 6 heteroatoms. The van der Waals surface area contributed by atoms with Crippen LogP contribution in [-0.4, -0.2) is 70.6 Å². The van der Waals surface area contributed by atoms with Crippen LogP contribution >= 0.6 is 0 Å². The minimum absolute atomic E-state index is 0.0317. The molecule has 6 nitrogen and oxygen atoms in total. The molecule has 0 aromatic carbocycles. The van der Waals surface area contributed by atoms with Crippen molar-refractivity contribution >= 4 is 5.91 Å². The number of rotatable bonds is 4. The Morgan fingerprint density at radius 2 is 2.20 bits per heavy atom. The summed E-state index contributed by atoms with van der Waals surface area (Å²) in [6.45, 7) is 2.36. The molecule has 0 saturated carbocycles. The molecule has 1 fully saturated rings. The fourth-order valence-electron chi connectivity index (χ4n) is 1.84. The van der Waals surface area contributed by atoms with Gasteiger partial charge in [-0.05, 0) is 0 Å². The van der Waals surface area contributed by atoms with Gasteiger partial charge in [0.25, 0.3) is 0 Å². The number of nitrogens with zero attached hydrogens (tertiary/aromatic N) is 1. The van der Waals surface area contributed by atoms with E-state index in [0.717, 1.165) is 0 Å². The second kappa shape index (κ2) is 5.41. The van der Waals surface area contributed by atoms with Gasteiger partial charge >= 0.3 is 0 Å². The van der Waals surface area contributed by atoms with Gasteiger partial charge in [0.15, 0.2) is 0 Å². The van der Waals surface area contributed by atoms with Crippen LogP contribution in [0.25, 0.3) is 0 Å². The van der Waals surface area contributed by atoms with Gasteiger partial charge in [0.2, 0.25) is 5.91 Å². The fraction of sp³-hybridized carbons (Fsp3) is 0.889. The Balaban J connectivity index is 2.52. The van der Waals surface area contributed by atoms with Crippen LogP contribution in [0.1, 0.15) is 6.92 Å². The van der Waals surface area contributed by atoms with Crippen molar-refractivity contribution < 1.29 is 20.1 Å². The highest BCUT2D eigenvalue weighted by molar-refractivity contribution is 5.72. The summed E-state index contributed by atoms with van der Waals surface area (Å²) in [5, 5.41) is 30.5. The molecular weight excluding hydrogens is 200 g/mol. The maximum absolute atomic E-state index is 10.7. The lowest BCUT2D eigenvalue weighted by Crippen LogP contribution is -2.45. The number of β-amino-alcohol motifs (C(OH)–C–C–N with tert-alkyl or cyclic N) is 2. The molecule has 3 unspecified atom stereocenters. The Kier molecular flexibility index (Phi) is 4.46. The number of amides is 1. The molecular formula is C9H18N2O4. The third-order valence-electron chi connectivity index (χ3n) is 2.63. The van der Waals surface area contributed by atoms with Crippen LogP contribution in [0.2, 0.25) is 0 Å². The molecule has 1 amide bonds. The van der Waals surface area contributed by atoms with Crippen molar-refractivity contribution in [2.24, 2.45) is 0 Å². The van der Waals surface area contributed by atoms with Crippen molar-refractivity contribution in [3.8, 4) is 0 Å². The molecule has 4 N–H and O–H groups in total. The van der Waals surface area contributed by atoms with Crippen LogP contribution < -0.4 is 5.32 Å². The van der Waals surface area contributed by atoms with Crippen molar-refractivity contribution in [3.05, 3.63) is 0 Å². The number of aliphatic hydroxyl groups is 3. The summed E-state index contributed by atoms with van der Waals surface area (Å²) >= 11 is 0. The van der Waals surface area contributed by atoms with E-state index in [4.69, 9.17) is 5.11 Å². The van der Waals surface area contributed by atoms with Gasteiger partial charge in [-0.25, -0.2) is 0 Å². The van der Waals surface area contributed by atoms with Crippen LogP contribution in [0.3, 0.4) is 0 Å². The first-order chi connectivity index (χ1) is 7.06. The molecule has 0 aromatic heterocycles. The zero-order chi connectivity index (χ0) is 11.4. The van der Waals surface area contributed by atoms with E-state index in [-0.39, 0.29) is 25.1 Å². The van der Waals surface area contributed by atoms with Crippen LogP contribution in [0.15, 0.2) is 0 Å². The van der Waals surface area contributed by atoms with E-state index >= 15 is 0 Å². The Morgan fingerprint density at radius 1 is 1.53 bits per heavy atom. The average molecular weight is 218 g/mol. The smallest absolute Gasteiger partial charge is 0.216 e. The highest BCUT2D eigenvalue weighted by atomic mass is 16.3. The zero-order valence-corrected chi connectivity index (χ0v) is 8.76. The summed E-state index contributed by atoms with van der Waals surface area (Å²) in [5.41, 5.74) is 0. The molecule has 0 aromatic rings. The predicted molar refractivity (Wildman–Crippen MR) is 53.1 cm³/mol. The Labute approximate surface area is 88.5 Å². The largest absolute Gasteiger partial charge is 0.395 e.